The molecule has 1 atom stereocenters. The molecule has 0 fully saturated rings. The van der Waals surface area contributed by atoms with E-state index in [0.29, 0.717) is 49.2 Å². The number of nitrogens with zero attached hydrogens (tertiary/aromatic N) is 3. The number of rotatable bonds is 9. The number of hydrogen-bond donors (Lipinski definition) is 0. The van der Waals surface area contributed by atoms with Crippen LogP contribution in [0.4, 0.5) is 5.69 Å². The highest BCUT2D eigenvalue weighted by atomic mass is 32.1. The van der Waals surface area contributed by atoms with Crippen molar-refractivity contribution in [2.45, 2.75) is 39.8 Å². The average Bonchev–Trinajstić information content (AvgIpc) is 3.56. The Bertz CT molecular complexity index is 1930. The minimum absolute atomic E-state index is 0.0584. The van der Waals surface area contributed by atoms with Gasteiger partial charge in [-0.05, 0) is 57.5 Å². The third-order valence-corrected chi connectivity index (χ3v) is 7.61. The summed E-state index contributed by atoms with van der Waals surface area (Å²) in [5, 5.41) is 11.2. The number of ether oxygens (including phenoxy) is 3. The van der Waals surface area contributed by atoms with E-state index >= 15 is 0 Å². The van der Waals surface area contributed by atoms with Crippen LogP contribution in [0.15, 0.2) is 80.1 Å². The number of furan rings is 1. The fourth-order valence-electron chi connectivity index (χ4n) is 4.80. The molecule has 0 amide bonds. The van der Waals surface area contributed by atoms with Crippen LogP contribution in [0.5, 0.6) is 11.5 Å². The molecular weight excluding hydrogens is 574 g/mol. The monoisotopic (exact) mass is 603 g/mol. The zero-order valence-electron chi connectivity index (χ0n) is 24.2. The quantitative estimate of drug-likeness (QED) is 0.152. The van der Waals surface area contributed by atoms with Crippen LogP contribution >= 0.6 is 11.3 Å². The summed E-state index contributed by atoms with van der Waals surface area (Å²) in [5.74, 6) is 1.20. The highest BCUT2D eigenvalue weighted by molar-refractivity contribution is 7.07. The molecule has 0 N–H and O–H groups in total. The summed E-state index contributed by atoms with van der Waals surface area (Å²) in [6, 6.07) is 13.9. The van der Waals surface area contributed by atoms with E-state index in [9.17, 15) is 19.7 Å². The third-order valence-electron chi connectivity index (χ3n) is 6.62. The van der Waals surface area contributed by atoms with Gasteiger partial charge in [-0.15, -0.1) is 0 Å². The van der Waals surface area contributed by atoms with Crippen molar-refractivity contribution in [3.63, 3.8) is 0 Å². The van der Waals surface area contributed by atoms with E-state index in [1.807, 2.05) is 13.8 Å². The van der Waals surface area contributed by atoms with Crippen molar-refractivity contribution in [2.75, 3.05) is 13.7 Å². The Hall–Kier alpha value is -4.97. The molecule has 0 radical (unpaired) electrons. The predicted molar refractivity (Wildman–Crippen MR) is 160 cm³/mol. The number of carbonyl (C=O) groups excluding carboxylic acids is 1. The van der Waals surface area contributed by atoms with Crippen LogP contribution in [0.25, 0.3) is 17.4 Å². The number of carbonyl (C=O) groups is 1. The molecule has 0 bridgehead atoms. The van der Waals surface area contributed by atoms with E-state index < -0.39 is 16.9 Å². The molecule has 2 aromatic carbocycles. The van der Waals surface area contributed by atoms with Gasteiger partial charge in [-0.25, -0.2) is 9.79 Å². The average molecular weight is 604 g/mol. The fourth-order valence-corrected chi connectivity index (χ4v) is 5.83. The Morgan fingerprint density at radius 1 is 1.19 bits per heavy atom. The zero-order valence-corrected chi connectivity index (χ0v) is 25.0. The van der Waals surface area contributed by atoms with Gasteiger partial charge in [0.25, 0.3) is 11.2 Å². The summed E-state index contributed by atoms with van der Waals surface area (Å²) in [5.41, 5.74) is 1.39. The van der Waals surface area contributed by atoms with E-state index in [-0.39, 0.29) is 29.5 Å². The number of esters is 1. The first-order valence-corrected chi connectivity index (χ1v) is 14.3. The molecule has 12 heteroatoms. The highest BCUT2D eigenvalue weighted by Crippen LogP contribution is 2.36. The van der Waals surface area contributed by atoms with Gasteiger partial charge in [-0.2, -0.15) is 0 Å². The SMILES string of the molecule is CCOC(=O)C1=C(C)N=c2s/c(=C\c3ccc(-c4cccc([N+](=O)[O-])c4)o3)c(=O)n2[C@H]1c1ccc(OC(C)C)c(OC)c1. The van der Waals surface area contributed by atoms with E-state index in [0.717, 1.165) is 11.3 Å². The fraction of sp³-hybridized carbons (Fsp3) is 0.258. The molecule has 222 valence electrons. The summed E-state index contributed by atoms with van der Waals surface area (Å²) < 4.78 is 24.6. The number of allylic oxidation sites excluding steroid dienone is 1. The van der Waals surface area contributed by atoms with Gasteiger partial charge in [0, 0.05) is 23.8 Å². The van der Waals surface area contributed by atoms with Gasteiger partial charge in [0.1, 0.15) is 11.5 Å². The maximum absolute atomic E-state index is 13.9. The van der Waals surface area contributed by atoms with Gasteiger partial charge in [0.05, 0.1) is 46.6 Å². The standard InChI is InChI=1S/C31H29N3O8S/c1-6-40-30(36)27-18(4)32-31-33(28(27)20-10-12-24(41-17(2)3)25(15-20)39-5)29(35)26(43-31)16-22-11-13-23(42-22)19-8-7-9-21(14-19)34(37)38/h7-17,28H,6H2,1-5H3/b26-16-/t28-/m0/s1. The Balaban J connectivity index is 1.63. The molecule has 43 heavy (non-hydrogen) atoms. The van der Waals surface area contributed by atoms with Crippen molar-refractivity contribution in [3.05, 3.63) is 107 Å². The van der Waals surface area contributed by atoms with Crippen LogP contribution in [0.1, 0.15) is 45.1 Å². The van der Waals surface area contributed by atoms with Crippen molar-refractivity contribution in [1.29, 1.82) is 0 Å². The van der Waals surface area contributed by atoms with Crippen LogP contribution in [0, 0.1) is 10.1 Å². The van der Waals surface area contributed by atoms with E-state index in [4.69, 9.17) is 18.6 Å². The Morgan fingerprint density at radius 2 is 1.98 bits per heavy atom. The first kappa shape index (κ1) is 29.5. The largest absolute Gasteiger partial charge is 0.493 e. The number of nitro groups is 1. The Kier molecular flexibility index (Phi) is 8.31. The van der Waals surface area contributed by atoms with Gasteiger partial charge in [0.2, 0.25) is 0 Å². The number of aromatic nitrogens is 1. The first-order chi connectivity index (χ1) is 20.6. The second-order valence-electron chi connectivity index (χ2n) is 9.89. The maximum atomic E-state index is 13.9. The summed E-state index contributed by atoms with van der Waals surface area (Å²) in [6.45, 7) is 7.39. The number of benzene rings is 2. The van der Waals surface area contributed by atoms with Crippen molar-refractivity contribution < 1.29 is 28.3 Å². The Morgan fingerprint density at radius 3 is 2.67 bits per heavy atom. The lowest BCUT2D eigenvalue weighted by atomic mass is 9.95. The lowest BCUT2D eigenvalue weighted by Crippen LogP contribution is -2.40. The van der Waals surface area contributed by atoms with Crippen LogP contribution in [0.2, 0.25) is 0 Å². The van der Waals surface area contributed by atoms with Gasteiger partial charge >= 0.3 is 5.97 Å². The van der Waals surface area contributed by atoms with Crippen LogP contribution in [0.3, 0.4) is 0 Å². The molecule has 0 spiro atoms. The summed E-state index contributed by atoms with van der Waals surface area (Å²) in [7, 11) is 1.52. The lowest BCUT2D eigenvalue weighted by molar-refractivity contribution is -0.384. The van der Waals surface area contributed by atoms with Crippen LogP contribution < -0.4 is 24.4 Å². The molecule has 0 saturated heterocycles. The number of non-ortho nitro benzene ring substituents is 1. The minimum atomic E-state index is -0.837. The number of thiazole rings is 1. The van der Waals surface area contributed by atoms with Crippen molar-refractivity contribution in [2.24, 2.45) is 4.99 Å². The normalized spacial score (nSPS) is 14.8. The molecule has 1 aliphatic rings. The van der Waals surface area contributed by atoms with Crippen LogP contribution in [-0.2, 0) is 9.53 Å². The second kappa shape index (κ2) is 12.1. The van der Waals surface area contributed by atoms with E-state index in [1.165, 1.54) is 23.8 Å². The number of nitro benzene ring substituents is 1. The second-order valence-corrected chi connectivity index (χ2v) is 10.9. The van der Waals surface area contributed by atoms with Crippen LogP contribution in [-0.4, -0.2) is 35.3 Å². The van der Waals surface area contributed by atoms with Gasteiger partial charge in [0.15, 0.2) is 16.3 Å². The van der Waals surface area contributed by atoms with Crippen molar-refractivity contribution >= 4 is 29.1 Å². The summed E-state index contributed by atoms with van der Waals surface area (Å²) >= 11 is 1.16. The van der Waals surface area contributed by atoms with Gasteiger partial charge in [-0.1, -0.05) is 29.5 Å². The molecular formula is C31H29N3O8S. The topological polar surface area (TPSA) is 135 Å². The molecule has 2 aromatic heterocycles. The zero-order chi connectivity index (χ0) is 30.8. The number of methoxy groups -OCH3 is 1. The predicted octanol–water partition coefficient (Wildman–Crippen LogP) is 4.76. The van der Waals surface area contributed by atoms with Crippen molar-refractivity contribution in [1.82, 2.24) is 4.57 Å². The van der Waals surface area contributed by atoms with Crippen molar-refractivity contribution in [3.8, 4) is 22.8 Å². The molecule has 0 aliphatic carbocycles. The lowest BCUT2D eigenvalue weighted by Gasteiger charge is -2.25. The van der Waals surface area contributed by atoms with E-state index in [2.05, 4.69) is 4.99 Å². The molecule has 4 aromatic rings. The Labute approximate surface area is 250 Å². The highest BCUT2D eigenvalue weighted by Gasteiger charge is 2.34. The summed E-state index contributed by atoms with van der Waals surface area (Å²) in [6.07, 6.45) is 1.50. The minimum Gasteiger partial charge on any atom is -0.493 e. The third kappa shape index (κ3) is 5.86. The number of fused-ring (bicyclic) bond motifs is 1. The summed E-state index contributed by atoms with van der Waals surface area (Å²) in [4.78, 5) is 42.9. The molecule has 5 rings (SSSR count). The van der Waals surface area contributed by atoms with E-state index in [1.54, 1.807) is 62.4 Å². The molecule has 11 nitrogen and oxygen atoms in total. The molecule has 1 aliphatic heterocycles. The molecule has 3 heterocycles. The molecule has 0 saturated carbocycles. The molecule has 0 unspecified atom stereocenters. The number of hydrogen-bond acceptors (Lipinski definition) is 10. The van der Waals surface area contributed by atoms with Gasteiger partial charge < -0.3 is 18.6 Å². The first-order valence-electron chi connectivity index (χ1n) is 13.5. The van der Waals surface area contributed by atoms with Gasteiger partial charge in [-0.3, -0.25) is 19.5 Å². The maximum Gasteiger partial charge on any atom is 0.338 e. The smallest absolute Gasteiger partial charge is 0.338 e.